The van der Waals surface area contributed by atoms with E-state index in [4.69, 9.17) is 13.9 Å². The molecule has 0 amide bonds. The highest BCUT2D eigenvalue weighted by atomic mass is 16.5. The zero-order valence-electron chi connectivity index (χ0n) is 13.1. The molecule has 3 rings (SSSR count). The summed E-state index contributed by atoms with van der Waals surface area (Å²) in [7, 11) is 3.16. The number of rotatable bonds is 5. The van der Waals surface area contributed by atoms with E-state index in [0.29, 0.717) is 28.5 Å². The van der Waals surface area contributed by atoms with Crippen LogP contribution in [0.4, 0.5) is 0 Å². The van der Waals surface area contributed by atoms with Gasteiger partial charge in [-0.25, -0.2) is 9.78 Å². The average molecular weight is 325 g/mol. The fourth-order valence-corrected chi connectivity index (χ4v) is 2.30. The van der Waals surface area contributed by atoms with Crippen molar-refractivity contribution in [3.05, 3.63) is 53.4 Å². The molecule has 0 atom stereocenters. The van der Waals surface area contributed by atoms with E-state index >= 15 is 0 Å². The predicted molar refractivity (Wildman–Crippen MR) is 89.4 cm³/mol. The van der Waals surface area contributed by atoms with Crippen LogP contribution < -0.4 is 9.47 Å². The first-order valence-electron chi connectivity index (χ1n) is 7.14. The number of aromatic nitrogens is 1. The van der Waals surface area contributed by atoms with Crippen LogP contribution in [-0.2, 0) is 0 Å². The van der Waals surface area contributed by atoms with Crippen LogP contribution in [0.3, 0.4) is 0 Å². The van der Waals surface area contributed by atoms with E-state index in [-0.39, 0.29) is 5.56 Å². The third kappa shape index (κ3) is 3.08. The highest BCUT2D eigenvalue weighted by Crippen LogP contribution is 2.25. The smallest absolute Gasteiger partial charge is 0.338 e. The van der Waals surface area contributed by atoms with Gasteiger partial charge < -0.3 is 19.0 Å². The van der Waals surface area contributed by atoms with Crippen LogP contribution in [0.1, 0.15) is 21.8 Å². The van der Waals surface area contributed by atoms with Crippen molar-refractivity contribution in [1.82, 2.24) is 4.98 Å². The van der Waals surface area contributed by atoms with Gasteiger partial charge in [0.2, 0.25) is 5.89 Å². The maximum Gasteiger partial charge on any atom is 0.338 e. The van der Waals surface area contributed by atoms with E-state index in [2.05, 4.69) is 4.98 Å². The summed E-state index contributed by atoms with van der Waals surface area (Å²) in [4.78, 5) is 15.5. The Labute approximate surface area is 138 Å². The zero-order valence-corrected chi connectivity index (χ0v) is 13.1. The summed E-state index contributed by atoms with van der Waals surface area (Å²) in [5.74, 6) is 0.613. The van der Waals surface area contributed by atoms with Gasteiger partial charge in [0.1, 0.15) is 17.0 Å². The summed E-state index contributed by atoms with van der Waals surface area (Å²) in [5, 5.41) is 9.19. The summed E-state index contributed by atoms with van der Waals surface area (Å²) in [6.07, 6.45) is 3.45. The van der Waals surface area contributed by atoms with E-state index in [1.807, 2.05) is 12.1 Å². The molecule has 0 aliphatic carbocycles. The molecule has 3 aromatic rings. The minimum atomic E-state index is -1.04. The molecule has 0 aliphatic heterocycles. The Hall–Kier alpha value is -3.28. The van der Waals surface area contributed by atoms with E-state index in [1.165, 1.54) is 6.07 Å². The lowest BCUT2D eigenvalue weighted by atomic mass is 10.2. The number of carboxylic acid groups (broad SMARTS) is 1. The van der Waals surface area contributed by atoms with Gasteiger partial charge in [-0.05, 0) is 35.9 Å². The summed E-state index contributed by atoms with van der Waals surface area (Å²) in [6.45, 7) is 0. The van der Waals surface area contributed by atoms with Crippen LogP contribution in [0.2, 0.25) is 0 Å². The van der Waals surface area contributed by atoms with Crippen molar-refractivity contribution in [1.29, 1.82) is 0 Å². The van der Waals surface area contributed by atoms with Gasteiger partial charge in [0.05, 0.1) is 19.8 Å². The summed E-state index contributed by atoms with van der Waals surface area (Å²) in [6, 6.07) is 10.2. The minimum absolute atomic E-state index is 0.110. The number of carboxylic acids is 1. The summed E-state index contributed by atoms with van der Waals surface area (Å²) >= 11 is 0. The Morgan fingerprint density at radius 1 is 1.12 bits per heavy atom. The molecular weight excluding hydrogens is 310 g/mol. The maximum absolute atomic E-state index is 11.2. The molecule has 0 aliphatic rings. The number of hydrogen-bond acceptors (Lipinski definition) is 5. The standard InChI is InChI=1S/C18H15NO5/c1-22-12-8-11(9-13(10-12)23-2)6-7-16-19-17-14(18(20)21)4-3-5-15(17)24-16/h3-10H,1-2H3,(H,20,21). The maximum atomic E-state index is 11.2. The summed E-state index contributed by atoms with van der Waals surface area (Å²) < 4.78 is 16.0. The zero-order chi connectivity index (χ0) is 17.1. The van der Waals surface area contributed by atoms with Gasteiger partial charge in [0, 0.05) is 12.1 Å². The Bertz CT molecular complexity index is 904. The second-order valence-electron chi connectivity index (χ2n) is 4.99. The topological polar surface area (TPSA) is 81.8 Å². The van der Waals surface area contributed by atoms with Gasteiger partial charge in [0.25, 0.3) is 0 Å². The van der Waals surface area contributed by atoms with Crippen molar-refractivity contribution in [2.24, 2.45) is 0 Å². The van der Waals surface area contributed by atoms with Crippen molar-refractivity contribution in [2.75, 3.05) is 14.2 Å². The highest BCUT2D eigenvalue weighted by Gasteiger charge is 2.13. The van der Waals surface area contributed by atoms with Crippen LogP contribution in [-0.4, -0.2) is 30.3 Å². The van der Waals surface area contributed by atoms with E-state index in [9.17, 15) is 9.90 Å². The molecule has 1 N–H and O–H groups in total. The molecule has 1 heterocycles. The van der Waals surface area contributed by atoms with Crippen LogP contribution in [0.15, 0.2) is 40.8 Å². The fourth-order valence-electron chi connectivity index (χ4n) is 2.30. The normalized spacial score (nSPS) is 11.1. The third-order valence-corrected chi connectivity index (χ3v) is 3.46. The Balaban J connectivity index is 1.96. The molecule has 2 aromatic carbocycles. The lowest BCUT2D eigenvalue weighted by molar-refractivity contribution is 0.0699. The van der Waals surface area contributed by atoms with E-state index in [1.54, 1.807) is 44.6 Å². The average Bonchev–Trinajstić information content (AvgIpc) is 3.02. The second-order valence-corrected chi connectivity index (χ2v) is 4.99. The van der Waals surface area contributed by atoms with E-state index in [0.717, 1.165) is 5.56 Å². The largest absolute Gasteiger partial charge is 0.497 e. The fraction of sp³-hybridized carbons (Fsp3) is 0.111. The number of para-hydroxylation sites is 1. The molecule has 0 saturated heterocycles. The van der Waals surface area contributed by atoms with Crippen LogP contribution in [0, 0.1) is 0 Å². The quantitative estimate of drug-likeness (QED) is 0.770. The minimum Gasteiger partial charge on any atom is -0.497 e. The number of hydrogen-bond donors (Lipinski definition) is 1. The number of ether oxygens (including phenoxy) is 2. The van der Waals surface area contributed by atoms with Crippen LogP contribution in [0.5, 0.6) is 11.5 Å². The molecule has 0 fully saturated rings. The monoisotopic (exact) mass is 325 g/mol. The summed E-state index contributed by atoms with van der Waals surface area (Å²) in [5.41, 5.74) is 1.71. The molecule has 0 unspecified atom stereocenters. The molecular formula is C18H15NO5. The highest BCUT2D eigenvalue weighted by molar-refractivity contribution is 6.00. The molecule has 1 aromatic heterocycles. The van der Waals surface area contributed by atoms with Crippen LogP contribution in [0.25, 0.3) is 23.3 Å². The molecule has 0 bridgehead atoms. The lowest BCUT2D eigenvalue weighted by Crippen LogP contribution is -1.96. The lowest BCUT2D eigenvalue weighted by Gasteiger charge is -2.05. The van der Waals surface area contributed by atoms with Crippen molar-refractivity contribution in [3.8, 4) is 11.5 Å². The molecule has 0 saturated carbocycles. The van der Waals surface area contributed by atoms with Gasteiger partial charge in [-0.2, -0.15) is 0 Å². The molecule has 0 radical (unpaired) electrons. The van der Waals surface area contributed by atoms with Gasteiger partial charge in [-0.15, -0.1) is 0 Å². The molecule has 0 spiro atoms. The molecule has 122 valence electrons. The van der Waals surface area contributed by atoms with Crippen molar-refractivity contribution in [3.63, 3.8) is 0 Å². The third-order valence-electron chi connectivity index (χ3n) is 3.46. The number of benzene rings is 2. The Morgan fingerprint density at radius 3 is 2.46 bits per heavy atom. The number of nitrogens with zero attached hydrogens (tertiary/aromatic N) is 1. The number of oxazole rings is 1. The SMILES string of the molecule is COc1cc(C=Cc2nc3c(C(=O)O)cccc3o2)cc(OC)c1. The van der Waals surface area contributed by atoms with Crippen molar-refractivity contribution >= 4 is 29.2 Å². The van der Waals surface area contributed by atoms with Crippen molar-refractivity contribution in [2.45, 2.75) is 0 Å². The van der Waals surface area contributed by atoms with Gasteiger partial charge >= 0.3 is 5.97 Å². The number of fused-ring (bicyclic) bond motifs is 1. The van der Waals surface area contributed by atoms with Gasteiger partial charge in [-0.3, -0.25) is 0 Å². The second kappa shape index (κ2) is 6.45. The molecule has 24 heavy (non-hydrogen) atoms. The first-order valence-corrected chi connectivity index (χ1v) is 7.14. The number of methoxy groups -OCH3 is 2. The van der Waals surface area contributed by atoms with Gasteiger partial charge in [0.15, 0.2) is 5.58 Å². The van der Waals surface area contributed by atoms with Crippen molar-refractivity contribution < 1.29 is 23.8 Å². The van der Waals surface area contributed by atoms with Gasteiger partial charge in [-0.1, -0.05) is 6.07 Å². The Morgan fingerprint density at radius 2 is 1.83 bits per heavy atom. The molecule has 6 heteroatoms. The predicted octanol–water partition coefficient (Wildman–Crippen LogP) is 3.71. The van der Waals surface area contributed by atoms with E-state index < -0.39 is 5.97 Å². The first-order chi connectivity index (χ1) is 11.6. The first kappa shape index (κ1) is 15.6. The Kier molecular flexibility index (Phi) is 4.20. The number of carbonyl (C=O) groups is 1. The molecule has 6 nitrogen and oxygen atoms in total. The number of aromatic carboxylic acids is 1. The van der Waals surface area contributed by atoms with Crippen LogP contribution >= 0.6 is 0 Å².